The third kappa shape index (κ3) is 2.31. The number of amides is 1. The summed E-state index contributed by atoms with van der Waals surface area (Å²) in [4.78, 5) is 13.0. The van der Waals surface area contributed by atoms with Gasteiger partial charge in [0.1, 0.15) is 0 Å². The van der Waals surface area contributed by atoms with Crippen LogP contribution in [0.5, 0.6) is 0 Å². The van der Waals surface area contributed by atoms with E-state index in [9.17, 15) is 15.0 Å². The summed E-state index contributed by atoms with van der Waals surface area (Å²) in [6.45, 7) is 4.77. The molecule has 0 spiro atoms. The molecule has 1 aromatic carbocycles. The summed E-state index contributed by atoms with van der Waals surface area (Å²) >= 11 is 0. The van der Waals surface area contributed by atoms with E-state index in [1.165, 1.54) is 6.92 Å². The molecular weight excluding hydrogens is 246 g/mol. The molecule has 0 bridgehead atoms. The molecule has 0 aromatic heterocycles. The molecule has 5 heteroatoms. The zero-order chi connectivity index (χ0) is 14.3. The van der Waals surface area contributed by atoms with E-state index in [4.69, 9.17) is 4.74 Å². The molecule has 1 aliphatic heterocycles. The average Bonchev–Trinajstić information content (AvgIpc) is 2.49. The van der Waals surface area contributed by atoms with Gasteiger partial charge < -0.3 is 14.9 Å². The highest BCUT2D eigenvalue weighted by Crippen LogP contribution is 2.37. The van der Waals surface area contributed by atoms with Crippen LogP contribution >= 0.6 is 0 Å². The lowest BCUT2D eigenvalue weighted by molar-refractivity contribution is -0.133. The number of hydrogen-bond acceptors (Lipinski definition) is 4. The second-order valence-corrected chi connectivity index (χ2v) is 5.44. The first-order valence-corrected chi connectivity index (χ1v) is 6.22. The molecule has 2 N–H and O–H groups in total. The van der Waals surface area contributed by atoms with Crippen LogP contribution in [0.1, 0.15) is 32.4 Å². The normalized spacial score (nSPS) is 27.2. The number of benzene rings is 1. The van der Waals surface area contributed by atoms with E-state index in [-0.39, 0.29) is 6.54 Å². The summed E-state index contributed by atoms with van der Waals surface area (Å²) in [5.41, 5.74) is -1.78. The van der Waals surface area contributed by atoms with Crippen molar-refractivity contribution in [2.45, 2.75) is 38.2 Å². The Bertz CT molecular complexity index is 470. The number of cyclic esters (lactones) is 1. The van der Waals surface area contributed by atoms with Crippen molar-refractivity contribution in [2.75, 3.05) is 6.54 Å². The van der Waals surface area contributed by atoms with Gasteiger partial charge in [0.2, 0.25) is 0 Å². The third-order valence-corrected chi connectivity index (χ3v) is 3.77. The Balaban J connectivity index is 2.17. The lowest BCUT2D eigenvalue weighted by Crippen LogP contribution is -2.54. The monoisotopic (exact) mass is 265 g/mol. The van der Waals surface area contributed by atoms with Crippen molar-refractivity contribution in [1.29, 1.82) is 0 Å². The molecule has 19 heavy (non-hydrogen) atoms. The molecule has 0 saturated carbocycles. The Kier molecular flexibility index (Phi) is 3.28. The summed E-state index contributed by atoms with van der Waals surface area (Å²) < 4.78 is 5.14. The van der Waals surface area contributed by atoms with Gasteiger partial charge in [0.15, 0.2) is 11.3 Å². The molecule has 5 nitrogen and oxygen atoms in total. The molecule has 1 saturated heterocycles. The minimum atomic E-state index is -1.46. The lowest BCUT2D eigenvalue weighted by Gasteiger charge is -2.35. The number of nitrogens with zero attached hydrogens (tertiary/aromatic N) is 1. The molecule has 1 aliphatic rings. The van der Waals surface area contributed by atoms with Crippen molar-refractivity contribution in [3.8, 4) is 0 Å². The highest BCUT2D eigenvalue weighted by Gasteiger charge is 2.56. The standard InChI is InChI=1S/C14H19NO4/c1-13(2)14(3,18)15(12(17)19-13)9-11(16)10-7-5-4-6-8-10/h4-8,11,16,18H,9H2,1-3H3/t11-,14-/m0/s1. The molecule has 2 rings (SSSR count). The maximum Gasteiger partial charge on any atom is 0.412 e. The summed E-state index contributed by atoms with van der Waals surface area (Å²) in [5.74, 6) is 0. The Hall–Kier alpha value is -1.59. The van der Waals surface area contributed by atoms with Gasteiger partial charge in [-0.15, -0.1) is 0 Å². The van der Waals surface area contributed by atoms with Crippen LogP contribution in [0.2, 0.25) is 0 Å². The van der Waals surface area contributed by atoms with Gasteiger partial charge in [-0.05, 0) is 26.3 Å². The van der Waals surface area contributed by atoms with E-state index in [2.05, 4.69) is 0 Å². The fourth-order valence-corrected chi connectivity index (χ4v) is 2.08. The highest BCUT2D eigenvalue weighted by molar-refractivity contribution is 5.72. The predicted octanol–water partition coefficient (Wildman–Crippen LogP) is 1.66. The first-order chi connectivity index (χ1) is 8.75. The van der Waals surface area contributed by atoms with E-state index in [0.717, 1.165) is 4.90 Å². The average molecular weight is 265 g/mol. The van der Waals surface area contributed by atoms with Crippen LogP contribution in [0.4, 0.5) is 4.79 Å². The second-order valence-electron chi connectivity index (χ2n) is 5.44. The van der Waals surface area contributed by atoms with Crippen molar-refractivity contribution in [2.24, 2.45) is 0 Å². The molecule has 1 aromatic rings. The zero-order valence-electron chi connectivity index (χ0n) is 11.3. The highest BCUT2D eigenvalue weighted by atomic mass is 16.6. The zero-order valence-corrected chi connectivity index (χ0v) is 11.3. The summed E-state index contributed by atoms with van der Waals surface area (Å²) in [7, 11) is 0. The summed E-state index contributed by atoms with van der Waals surface area (Å²) in [6, 6.07) is 9.00. The van der Waals surface area contributed by atoms with E-state index in [1.54, 1.807) is 26.0 Å². The van der Waals surface area contributed by atoms with Gasteiger partial charge in [-0.3, -0.25) is 4.90 Å². The smallest absolute Gasteiger partial charge is 0.412 e. The Morgan fingerprint density at radius 3 is 2.32 bits per heavy atom. The van der Waals surface area contributed by atoms with Gasteiger partial charge in [0.25, 0.3) is 0 Å². The van der Waals surface area contributed by atoms with Crippen LogP contribution in [-0.4, -0.2) is 39.1 Å². The van der Waals surface area contributed by atoms with Crippen molar-refractivity contribution in [3.05, 3.63) is 35.9 Å². The van der Waals surface area contributed by atoms with Crippen LogP contribution in [0.15, 0.2) is 30.3 Å². The predicted molar refractivity (Wildman–Crippen MR) is 69.3 cm³/mol. The van der Waals surface area contributed by atoms with Crippen molar-refractivity contribution >= 4 is 6.09 Å². The maximum absolute atomic E-state index is 11.8. The number of β-amino-alcohol motifs (C(OH)–C–C–N with tert-alkyl or cyclic N) is 1. The molecule has 1 fully saturated rings. The number of ether oxygens (including phenoxy) is 1. The van der Waals surface area contributed by atoms with Gasteiger partial charge in [-0.2, -0.15) is 0 Å². The number of aliphatic hydroxyl groups is 2. The Morgan fingerprint density at radius 1 is 1.26 bits per heavy atom. The molecule has 0 unspecified atom stereocenters. The van der Waals surface area contributed by atoms with E-state index < -0.39 is 23.5 Å². The fourth-order valence-electron chi connectivity index (χ4n) is 2.08. The SMILES string of the molecule is CC1(C)OC(=O)N(C[C@H](O)c2ccccc2)[C@@]1(C)O. The van der Waals surface area contributed by atoms with Gasteiger partial charge in [-0.1, -0.05) is 30.3 Å². The topological polar surface area (TPSA) is 70.0 Å². The number of hydrogen-bond donors (Lipinski definition) is 2. The minimum Gasteiger partial charge on any atom is -0.438 e. The van der Waals surface area contributed by atoms with E-state index in [1.807, 2.05) is 18.2 Å². The van der Waals surface area contributed by atoms with Gasteiger partial charge in [0.05, 0.1) is 12.6 Å². The first kappa shape index (κ1) is 13.8. The third-order valence-electron chi connectivity index (χ3n) is 3.77. The number of carbonyl (C=O) groups is 1. The summed E-state index contributed by atoms with van der Waals surface area (Å²) in [5, 5.41) is 20.6. The molecule has 0 radical (unpaired) electrons. The molecule has 1 heterocycles. The van der Waals surface area contributed by atoms with Crippen LogP contribution in [-0.2, 0) is 4.74 Å². The van der Waals surface area contributed by atoms with Gasteiger partial charge >= 0.3 is 6.09 Å². The first-order valence-electron chi connectivity index (χ1n) is 6.22. The largest absolute Gasteiger partial charge is 0.438 e. The van der Waals surface area contributed by atoms with Gasteiger partial charge in [0, 0.05) is 0 Å². The van der Waals surface area contributed by atoms with Crippen molar-refractivity contribution in [3.63, 3.8) is 0 Å². The van der Waals surface area contributed by atoms with Crippen molar-refractivity contribution < 1.29 is 19.7 Å². The number of aliphatic hydroxyl groups excluding tert-OH is 1. The van der Waals surface area contributed by atoms with E-state index >= 15 is 0 Å². The fraction of sp³-hybridized carbons (Fsp3) is 0.500. The molecule has 2 atom stereocenters. The maximum atomic E-state index is 11.8. The van der Waals surface area contributed by atoms with Crippen molar-refractivity contribution in [1.82, 2.24) is 4.90 Å². The number of carbonyl (C=O) groups excluding carboxylic acids is 1. The Labute approximate surface area is 112 Å². The van der Waals surface area contributed by atoms with Crippen LogP contribution in [0, 0.1) is 0 Å². The second kappa shape index (κ2) is 4.51. The lowest BCUT2D eigenvalue weighted by atomic mass is 9.95. The quantitative estimate of drug-likeness (QED) is 0.872. The summed E-state index contributed by atoms with van der Waals surface area (Å²) in [6.07, 6.45) is -1.49. The number of rotatable bonds is 3. The molecular formula is C14H19NO4. The minimum absolute atomic E-state index is 0.0146. The Morgan fingerprint density at radius 2 is 1.84 bits per heavy atom. The van der Waals surface area contributed by atoms with Crippen LogP contribution in [0.3, 0.4) is 0 Å². The molecule has 0 aliphatic carbocycles. The molecule has 104 valence electrons. The van der Waals surface area contributed by atoms with Crippen LogP contribution < -0.4 is 0 Å². The van der Waals surface area contributed by atoms with Crippen LogP contribution in [0.25, 0.3) is 0 Å². The van der Waals surface area contributed by atoms with Gasteiger partial charge in [-0.25, -0.2) is 4.79 Å². The van der Waals surface area contributed by atoms with E-state index in [0.29, 0.717) is 5.56 Å². The molecule has 1 amide bonds.